The maximum absolute atomic E-state index is 10.8. The summed E-state index contributed by atoms with van der Waals surface area (Å²) >= 11 is 0. The van der Waals surface area contributed by atoms with Crippen molar-refractivity contribution in [1.82, 2.24) is 0 Å². The van der Waals surface area contributed by atoms with Crippen molar-refractivity contribution in [3.63, 3.8) is 0 Å². The minimum atomic E-state index is -0.404. The number of nitro groups is 1. The normalized spacial score (nSPS) is 28.4. The van der Waals surface area contributed by atoms with Crippen molar-refractivity contribution in [1.29, 1.82) is 5.26 Å². The van der Waals surface area contributed by atoms with Crippen molar-refractivity contribution < 1.29 is 4.92 Å². The summed E-state index contributed by atoms with van der Waals surface area (Å²) < 4.78 is 0. The lowest BCUT2D eigenvalue weighted by Crippen LogP contribution is -2.26. The number of nitrogens with zero attached hydrogens (tertiary/aromatic N) is 2. The van der Waals surface area contributed by atoms with Crippen LogP contribution in [0.25, 0.3) is 0 Å². The summed E-state index contributed by atoms with van der Waals surface area (Å²) in [5, 5.41) is 20.1. The fourth-order valence-corrected chi connectivity index (χ4v) is 3.51. The van der Waals surface area contributed by atoms with Crippen molar-refractivity contribution >= 4 is 0 Å². The molecule has 2 fully saturated rings. The monoisotopic (exact) mass is 288 g/mol. The van der Waals surface area contributed by atoms with Gasteiger partial charge in [-0.3, -0.25) is 10.1 Å². The van der Waals surface area contributed by atoms with E-state index in [1.54, 1.807) is 0 Å². The third-order valence-corrected chi connectivity index (χ3v) is 4.87. The zero-order chi connectivity index (χ0) is 15.1. The van der Waals surface area contributed by atoms with E-state index in [2.05, 4.69) is 12.1 Å². The van der Waals surface area contributed by atoms with Crippen molar-refractivity contribution in [2.24, 2.45) is 11.8 Å². The molecule has 114 valence electrons. The molecular formula is C17H24N2O2. The van der Waals surface area contributed by atoms with E-state index in [0.29, 0.717) is 18.8 Å². The molecule has 21 heavy (non-hydrogen) atoms. The molecule has 0 aromatic heterocycles. The Bertz CT molecular complexity index is 448. The summed E-state index contributed by atoms with van der Waals surface area (Å²) in [6.45, 7) is 0. The molecule has 2 aliphatic rings. The van der Waals surface area contributed by atoms with Crippen LogP contribution in [0.15, 0.2) is 23.8 Å². The molecule has 0 N–H and O–H groups in total. The summed E-state index contributed by atoms with van der Waals surface area (Å²) in [6, 6.07) is 1.89. The lowest BCUT2D eigenvalue weighted by Gasteiger charge is -2.23. The van der Waals surface area contributed by atoms with Crippen molar-refractivity contribution in [3.8, 4) is 6.07 Å². The molecule has 0 bridgehead atoms. The zero-order valence-corrected chi connectivity index (χ0v) is 12.5. The second kappa shape index (κ2) is 7.97. The van der Waals surface area contributed by atoms with Gasteiger partial charge >= 0.3 is 0 Å². The Morgan fingerprint density at radius 3 is 2.33 bits per heavy atom. The summed E-state index contributed by atoms with van der Waals surface area (Å²) in [5.41, 5.74) is 0.795. The van der Waals surface area contributed by atoms with Crippen LogP contribution in [-0.2, 0) is 0 Å². The first-order chi connectivity index (χ1) is 10.2. The Balaban J connectivity index is 1.87. The molecule has 0 aromatic rings. The van der Waals surface area contributed by atoms with Gasteiger partial charge in [0.25, 0.3) is 0 Å². The maximum atomic E-state index is 10.8. The molecule has 2 rings (SSSR count). The highest BCUT2D eigenvalue weighted by molar-refractivity contribution is 5.28. The van der Waals surface area contributed by atoms with Crippen LogP contribution in [0, 0.1) is 33.3 Å². The Kier molecular flexibility index (Phi) is 5.98. The van der Waals surface area contributed by atoms with Crippen LogP contribution < -0.4 is 0 Å². The summed E-state index contributed by atoms with van der Waals surface area (Å²) in [5.74, 6) is 0.877. The maximum Gasteiger partial charge on any atom is 0.213 e. The molecule has 0 aliphatic heterocycles. The summed E-state index contributed by atoms with van der Waals surface area (Å²) in [4.78, 5) is 10.6. The zero-order valence-electron chi connectivity index (χ0n) is 12.5. The van der Waals surface area contributed by atoms with Gasteiger partial charge in [-0.05, 0) is 43.6 Å². The Morgan fingerprint density at radius 1 is 1.10 bits per heavy atom. The molecule has 4 heteroatoms. The predicted molar refractivity (Wildman–Crippen MR) is 82.2 cm³/mol. The smallest absolute Gasteiger partial charge is 0.213 e. The second-order valence-electron chi connectivity index (χ2n) is 6.31. The average molecular weight is 288 g/mol. The van der Waals surface area contributed by atoms with Gasteiger partial charge in [0.2, 0.25) is 6.04 Å². The topological polar surface area (TPSA) is 66.9 Å². The van der Waals surface area contributed by atoms with Gasteiger partial charge in [0.1, 0.15) is 0 Å². The van der Waals surface area contributed by atoms with E-state index in [4.69, 9.17) is 0 Å². The van der Waals surface area contributed by atoms with E-state index in [1.165, 1.54) is 32.1 Å². The van der Waals surface area contributed by atoms with Crippen LogP contribution >= 0.6 is 0 Å². The quantitative estimate of drug-likeness (QED) is 0.333. The number of rotatable bonds is 4. The molecular weight excluding hydrogens is 264 g/mol. The van der Waals surface area contributed by atoms with Gasteiger partial charge < -0.3 is 0 Å². The SMILES string of the molecule is N#C/C(=C\C=C/C1CCCCC1)C1CCC([N+](=O)[O-])CC1. The van der Waals surface area contributed by atoms with E-state index in [0.717, 1.165) is 18.4 Å². The summed E-state index contributed by atoms with van der Waals surface area (Å²) in [7, 11) is 0. The van der Waals surface area contributed by atoms with E-state index in [1.807, 2.05) is 12.2 Å². The fourth-order valence-electron chi connectivity index (χ4n) is 3.51. The molecule has 2 aliphatic carbocycles. The third kappa shape index (κ3) is 4.70. The second-order valence-corrected chi connectivity index (χ2v) is 6.31. The first-order valence-electron chi connectivity index (χ1n) is 8.12. The standard InChI is InChI=1S/C17H24N2O2/c18-13-16(8-4-7-14-5-2-1-3-6-14)15-9-11-17(12-10-15)19(20)21/h4,7-8,14-15,17H,1-3,5-6,9-12H2/b7-4-,16-8+. The van der Waals surface area contributed by atoms with E-state index in [9.17, 15) is 15.4 Å². The average Bonchev–Trinajstić information content (AvgIpc) is 2.53. The molecule has 0 heterocycles. The van der Waals surface area contributed by atoms with E-state index in [-0.39, 0.29) is 10.8 Å². The molecule has 0 radical (unpaired) electrons. The van der Waals surface area contributed by atoms with E-state index < -0.39 is 6.04 Å². The Morgan fingerprint density at radius 2 is 1.76 bits per heavy atom. The number of allylic oxidation sites excluding steroid dienone is 4. The van der Waals surface area contributed by atoms with Gasteiger partial charge in [0, 0.05) is 23.3 Å². The third-order valence-electron chi connectivity index (χ3n) is 4.87. The van der Waals surface area contributed by atoms with Gasteiger partial charge in [-0.1, -0.05) is 31.4 Å². The van der Waals surface area contributed by atoms with Crippen molar-refractivity contribution in [3.05, 3.63) is 33.9 Å². The van der Waals surface area contributed by atoms with Crippen LogP contribution in [0.3, 0.4) is 0 Å². The lowest BCUT2D eigenvalue weighted by atomic mass is 9.81. The molecule has 0 atom stereocenters. The molecule has 0 unspecified atom stereocenters. The van der Waals surface area contributed by atoms with Crippen LogP contribution in [0.1, 0.15) is 57.8 Å². The van der Waals surface area contributed by atoms with Gasteiger partial charge in [0.15, 0.2) is 0 Å². The first kappa shape index (κ1) is 15.8. The summed E-state index contributed by atoms with van der Waals surface area (Å²) in [6.07, 6.45) is 15.4. The molecule has 0 amide bonds. The minimum Gasteiger partial charge on any atom is -0.264 e. The molecule has 0 spiro atoms. The van der Waals surface area contributed by atoms with E-state index >= 15 is 0 Å². The molecule has 0 aromatic carbocycles. The number of hydrogen-bond donors (Lipinski definition) is 0. The van der Waals surface area contributed by atoms with Crippen molar-refractivity contribution in [2.75, 3.05) is 0 Å². The van der Waals surface area contributed by atoms with Crippen LogP contribution in [0.5, 0.6) is 0 Å². The highest BCUT2D eigenvalue weighted by Crippen LogP contribution is 2.31. The molecule has 0 saturated heterocycles. The largest absolute Gasteiger partial charge is 0.264 e. The van der Waals surface area contributed by atoms with Crippen molar-refractivity contribution in [2.45, 2.75) is 63.8 Å². The van der Waals surface area contributed by atoms with Gasteiger partial charge in [-0.25, -0.2) is 0 Å². The fraction of sp³-hybridized carbons (Fsp3) is 0.706. The van der Waals surface area contributed by atoms with Gasteiger partial charge in [-0.15, -0.1) is 0 Å². The van der Waals surface area contributed by atoms with Crippen LogP contribution in [0.4, 0.5) is 0 Å². The van der Waals surface area contributed by atoms with Gasteiger partial charge in [-0.2, -0.15) is 5.26 Å². The highest BCUT2D eigenvalue weighted by atomic mass is 16.6. The predicted octanol–water partition coefficient (Wildman–Crippen LogP) is 4.41. The Labute approximate surface area is 126 Å². The number of nitriles is 1. The highest BCUT2D eigenvalue weighted by Gasteiger charge is 2.29. The van der Waals surface area contributed by atoms with Crippen LogP contribution in [0.2, 0.25) is 0 Å². The van der Waals surface area contributed by atoms with Gasteiger partial charge in [0.05, 0.1) is 6.07 Å². The van der Waals surface area contributed by atoms with Crippen LogP contribution in [-0.4, -0.2) is 11.0 Å². The first-order valence-corrected chi connectivity index (χ1v) is 8.12. The lowest BCUT2D eigenvalue weighted by molar-refractivity contribution is -0.526. The Hall–Kier alpha value is -1.63. The number of hydrogen-bond acceptors (Lipinski definition) is 3. The molecule has 2 saturated carbocycles. The molecule has 4 nitrogen and oxygen atoms in total. The minimum absolute atomic E-state index is 0.172.